The molecule has 12 heteroatoms. The van der Waals surface area contributed by atoms with Gasteiger partial charge < -0.3 is 9.64 Å². The van der Waals surface area contributed by atoms with Crippen LogP contribution in [0.1, 0.15) is 35.7 Å². The van der Waals surface area contributed by atoms with E-state index < -0.39 is 54.6 Å². The third-order valence-electron chi connectivity index (χ3n) is 7.40. The van der Waals surface area contributed by atoms with Crippen LogP contribution in [0.25, 0.3) is 11.1 Å². The lowest BCUT2D eigenvalue weighted by molar-refractivity contribution is -0.187. The van der Waals surface area contributed by atoms with Crippen molar-refractivity contribution in [3.05, 3.63) is 83.2 Å². The first-order valence-electron chi connectivity index (χ1n) is 12.5. The number of aromatic nitrogens is 2. The Morgan fingerprint density at radius 2 is 1.90 bits per heavy atom. The number of aryl methyl sites for hydroxylation is 2. The maximum atomic E-state index is 13.6. The number of carbonyl (C=O) groups is 3. The predicted molar refractivity (Wildman–Crippen MR) is 133 cm³/mol. The highest BCUT2D eigenvalue weighted by Gasteiger charge is 2.58. The molecule has 2 aromatic carbocycles. The number of halogens is 4. The second kappa shape index (κ2) is 10.00. The maximum absolute atomic E-state index is 13.6. The van der Waals surface area contributed by atoms with Gasteiger partial charge in [-0.25, -0.2) is 24.1 Å². The van der Waals surface area contributed by atoms with Gasteiger partial charge in [0.1, 0.15) is 24.7 Å². The van der Waals surface area contributed by atoms with Crippen molar-refractivity contribution < 1.29 is 36.7 Å². The lowest BCUT2D eigenvalue weighted by Crippen LogP contribution is -2.51. The minimum absolute atomic E-state index is 0.129. The lowest BCUT2D eigenvalue weighted by Gasteiger charge is -2.31. The van der Waals surface area contributed by atoms with Crippen LogP contribution >= 0.6 is 0 Å². The number of nitrogens with zero attached hydrogens (tertiary/aromatic N) is 4. The van der Waals surface area contributed by atoms with Gasteiger partial charge in [-0.05, 0) is 49.1 Å². The molecule has 0 saturated carbocycles. The molecular weight excluding hydrogens is 532 g/mol. The molecule has 0 radical (unpaired) electrons. The number of amides is 3. The minimum atomic E-state index is -4.78. The zero-order valence-corrected chi connectivity index (χ0v) is 21.5. The van der Waals surface area contributed by atoms with Gasteiger partial charge >= 0.3 is 12.3 Å². The van der Waals surface area contributed by atoms with Crippen LogP contribution < -0.4 is 0 Å². The summed E-state index contributed by atoms with van der Waals surface area (Å²) < 4.78 is 59.8. The van der Waals surface area contributed by atoms with Crippen molar-refractivity contribution in [3.63, 3.8) is 0 Å². The number of hydrogen-bond acceptors (Lipinski definition) is 6. The topological polar surface area (TPSA) is 92.7 Å². The Balaban J connectivity index is 1.39. The molecule has 3 aromatic rings. The molecule has 0 bridgehead atoms. The van der Waals surface area contributed by atoms with Crippen molar-refractivity contribution in [3.8, 4) is 11.1 Å². The molecule has 0 N–H and O–H groups in total. The highest BCUT2D eigenvalue weighted by Crippen LogP contribution is 2.46. The molecule has 5 rings (SSSR count). The summed E-state index contributed by atoms with van der Waals surface area (Å²) in [5, 5.41) is 0. The predicted octanol–water partition coefficient (Wildman–Crippen LogP) is 4.69. The first-order chi connectivity index (χ1) is 18.9. The van der Waals surface area contributed by atoms with Crippen LogP contribution in [0.2, 0.25) is 0 Å². The first kappa shape index (κ1) is 27.2. The molecule has 0 unspecified atom stereocenters. The van der Waals surface area contributed by atoms with Crippen molar-refractivity contribution in [2.45, 2.75) is 51.1 Å². The number of alkyl halides is 3. The molecule has 1 spiro atoms. The van der Waals surface area contributed by atoms with Crippen LogP contribution in [-0.2, 0) is 32.9 Å². The van der Waals surface area contributed by atoms with E-state index in [9.17, 15) is 31.9 Å². The third-order valence-corrected chi connectivity index (χ3v) is 7.40. The zero-order valence-electron chi connectivity index (χ0n) is 21.5. The summed E-state index contributed by atoms with van der Waals surface area (Å²) in [6, 6.07) is 7.71. The fourth-order valence-corrected chi connectivity index (χ4v) is 5.13. The van der Waals surface area contributed by atoms with E-state index in [-0.39, 0.29) is 12.0 Å². The molecule has 1 saturated heterocycles. The molecule has 8 nitrogen and oxygen atoms in total. The van der Waals surface area contributed by atoms with Crippen LogP contribution in [0.4, 0.5) is 22.4 Å². The Hall–Kier alpha value is -4.35. The number of rotatable bonds is 6. The normalized spacial score (nSPS) is 19.1. The molecule has 1 aliphatic carbocycles. The summed E-state index contributed by atoms with van der Waals surface area (Å²) in [6.07, 6.45) is -2.25. The molecule has 2 aliphatic rings. The standard InChI is InChI=1S/C28H24F4N4O4/c1-16-22(12-33-15-34-16)19-5-8-23-20(11-19)9-10-27(23)25(38)36(26(39)40-27)14-24(37)35(17(2)28(30,31)32)13-18-3-6-21(29)7-4-18/h3-8,11-12,15,17H,9-10,13-14H2,1-2H3/t17-,27+/m0/s1. The zero-order chi connectivity index (χ0) is 28.8. The van der Waals surface area contributed by atoms with Gasteiger partial charge in [0.05, 0.1) is 0 Å². The van der Waals surface area contributed by atoms with Crippen molar-refractivity contribution in [1.29, 1.82) is 0 Å². The average molecular weight is 557 g/mol. The first-order valence-corrected chi connectivity index (χ1v) is 12.5. The maximum Gasteiger partial charge on any atom is 0.418 e. The van der Waals surface area contributed by atoms with Crippen LogP contribution in [-0.4, -0.2) is 56.4 Å². The fourth-order valence-electron chi connectivity index (χ4n) is 5.13. The Bertz CT molecular complexity index is 1490. The van der Waals surface area contributed by atoms with Gasteiger partial charge in [-0.15, -0.1) is 0 Å². The summed E-state index contributed by atoms with van der Waals surface area (Å²) in [4.78, 5) is 48.9. The number of hydrogen-bond donors (Lipinski definition) is 0. The van der Waals surface area contributed by atoms with E-state index in [4.69, 9.17) is 4.74 Å². The number of carbonyl (C=O) groups excluding carboxylic acids is 3. The molecule has 2 heterocycles. The van der Waals surface area contributed by atoms with Crippen molar-refractivity contribution >= 4 is 17.9 Å². The molecule has 3 amide bonds. The molecular formula is C28H24F4N4O4. The van der Waals surface area contributed by atoms with E-state index in [1.807, 2.05) is 13.0 Å². The fraction of sp³-hybridized carbons (Fsp3) is 0.321. The monoisotopic (exact) mass is 556 g/mol. The van der Waals surface area contributed by atoms with Crippen LogP contribution in [0.3, 0.4) is 0 Å². The number of imide groups is 1. The Morgan fingerprint density at radius 3 is 2.58 bits per heavy atom. The van der Waals surface area contributed by atoms with Crippen LogP contribution in [0.15, 0.2) is 55.0 Å². The van der Waals surface area contributed by atoms with E-state index in [2.05, 4.69) is 9.97 Å². The lowest BCUT2D eigenvalue weighted by atomic mass is 9.93. The quantitative estimate of drug-likeness (QED) is 0.409. The molecule has 1 aliphatic heterocycles. The SMILES string of the molecule is Cc1ncncc1-c1ccc2c(c1)CC[C@@]21OC(=O)N(CC(=O)N(Cc2ccc(F)cc2)[C@@H](C)C(F)(F)F)C1=O. The van der Waals surface area contributed by atoms with Gasteiger partial charge in [0.2, 0.25) is 11.5 Å². The summed E-state index contributed by atoms with van der Waals surface area (Å²) in [5.41, 5.74) is 2.18. The Kier molecular flexibility index (Phi) is 6.80. The van der Waals surface area contributed by atoms with Gasteiger partial charge in [0.25, 0.3) is 5.91 Å². The smallest absolute Gasteiger partial charge is 0.418 e. The van der Waals surface area contributed by atoms with Crippen LogP contribution in [0.5, 0.6) is 0 Å². The second-order valence-electron chi connectivity index (χ2n) is 9.85. The molecule has 1 fully saturated rings. The average Bonchev–Trinajstić information content (AvgIpc) is 3.39. The van der Waals surface area contributed by atoms with E-state index >= 15 is 0 Å². The molecule has 2 atom stereocenters. The van der Waals surface area contributed by atoms with Crippen molar-refractivity contribution in [1.82, 2.24) is 19.8 Å². The summed E-state index contributed by atoms with van der Waals surface area (Å²) >= 11 is 0. The Morgan fingerprint density at radius 1 is 1.18 bits per heavy atom. The minimum Gasteiger partial charge on any atom is -0.427 e. The molecule has 208 valence electrons. The van der Waals surface area contributed by atoms with Crippen LogP contribution in [0, 0.1) is 12.7 Å². The highest BCUT2D eigenvalue weighted by molar-refractivity contribution is 6.06. The van der Waals surface area contributed by atoms with E-state index in [1.165, 1.54) is 18.5 Å². The van der Waals surface area contributed by atoms with E-state index in [0.29, 0.717) is 21.8 Å². The van der Waals surface area contributed by atoms with Gasteiger partial charge in [0.15, 0.2) is 0 Å². The van der Waals surface area contributed by atoms with E-state index in [0.717, 1.165) is 41.4 Å². The number of ether oxygens (including phenoxy) is 1. The van der Waals surface area contributed by atoms with Crippen molar-refractivity contribution in [2.24, 2.45) is 0 Å². The summed E-state index contributed by atoms with van der Waals surface area (Å²) in [6.45, 7) is 1.20. The molecule has 1 aromatic heterocycles. The van der Waals surface area contributed by atoms with Gasteiger partial charge in [-0.1, -0.05) is 30.3 Å². The van der Waals surface area contributed by atoms with Gasteiger partial charge in [0, 0.05) is 36.0 Å². The third kappa shape index (κ3) is 4.78. The van der Waals surface area contributed by atoms with Crippen molar-refractivity contribution in [2.75, 3.05) is 6.54 Å². The van der Waals surface area contributed by atoms with E-state index in [1.54, 1.807) is 18.3 Å². The summed E-state index contributed by atoms with van der Waals surface area (Å²) in [7, 11) is 0. The highest BCUT2D eigenvalue weighted by atomic mass is 19.4. The largest absolute Gasteiger partial charge is 0.427 e. The number of fused-ring (bicyclic) bond motifs is 2. The second-order valence-corrected chi connectivity index (χ2v) is 9.85. The van der Waals surface area contributed by atoms with Gasteiger partial charge in [-0.3, -0.25) is 9.59 Å². The Labute approximate surface area is 226 Å². The summed E-state index contributed by atoms with van der Waals surface area (Å²) in [5.74, 6) is -2.50. The van der Waals surface area contributed by atoms with Gasteiger partial charge in [-0.2, -0.15) is 13.2 Å². The number of benzene rings is 2. The molecule has 40 heavy (non-hydrogen) atoms.